The Morgan fingerprint density at radius 1 is 1.12 bits per heavy atom. The first kappa shape index (κ1) is 17.7. The molecule has 26 heavy (non-hydrogen) atoms. The Morgan fingerprint density at radius 2 is 1.73 bits per heavy atom. The molecule has 0 aromatic heterocycles. The molecule has 1 unspecified atom stereocenters. The van der Waals surface area contributed by atoms with E-state index in [1.165, 1.54) is 6.07 Å². The minimum Gasteiger partial charge on any atom is -0.478 e. The first-order valence-corrected chi connectivity index (χ1v) is 8.43. The van der Waals surface area contributed by atoms with E-state index in [-0.39, 0.29) is 22.3 Å². The van der Waals surface area contributed by atoms with Gasteiger partial charge in [-0.15, -0.1) is 6.58 Å². The highest BCUT2D eigenvalue weighted by molar-refractivity contribution is 6.11. The van der Waals surface area contributed by atoms with Crippen molar-refractivity contribution < 1.29 is 14.7 Å². The molecule has 132 valence electrons. The van der Waals surface area contributed by atoms with E-state index in [0.29, 0.717) is 6.42 Å². The Balaban J connectivity index is 2.12. The number of hydrogen-bond donors (Lipinski definition) is 1. The van der Waals surface area contributed by atoms with Gasteiger partial charge in [0.1, 0.15) is 0 Å². The van der Waals surface area contributed by atoms with Crippen molar-refractivity contribution in [2.45, 2.75) is 18.8 Å². The van der Waals surface area contributed by atoms with E-state index < -0.39 is 5.97 Å². The van der Waals surface area contributed by atoms with E-state index >= 15 is 0 Å². The number of rotatable bonds is 5. The SMILES string of the molecule is C=CCC1(C)/C(=C/C(=O)c2ccccc2C(=O)O)N(C)c2ccccc21. The van der Waals surface area contributed by atoms with Crippen LogP contribution < -0.4 is 4.90 Å². The second-order valence-electron chi connectivity index (χ2n) is 6.65. The lowest BCUT2D eigenvalue weighted by atomic mass is 9.78. The van der Waals surface area contributed by atoms with Crippen molar-refractivity contribution in [3.63, 3.8) is 0 Å². The summed E-state index contributed by atoms with van der Waals surface area (Å²) in [5.41, 5.74) is 2.83. The second-order valence-corrected chi connectivity index (χ2v) is 6.65. The van der Waals surface area contributed by atoms with Crippen LogP contribution in [0.4, 0.5) is 5.69 Å². The van der Waals surface area contributed by atoms with Crippen LogP contribution in [0.1, 0.15) is 39.6 Å². The summed E-state index contributed by atoms with van der Waals surface area (Å²) in [5.74, 6) is -1.42. The fourth-order valence-electron chi connectivity index (χ4n) is 3.72. The number of likely N-dealkylation sites (N-methyl/N-ethyl adjacent to an activating group) is 1. The molecule has 4 nitrogen and oxygen atoms in total. The number of carbonyl (C=O) groups is 2. The van der Waals surface area contributed by atoms with Gasteiger partial charge in [0.25, 0.3) is 0 Å². The van der Waals surface area contributed by atoms with Crippen LogP contribution in [-0.4, -0.2) is 23.9 Å². The fourth-order valence-corrected chi connectivity index (χ4v) is 3.72. The number of nitrogens with zero attached hydrogens (tertiary/aromatic N) is 1. The third kappa shape index (κ3) is 2.73. The average Bonchev–Trinajstić information content (AvgIpc) is 2.84. The lowest BCUT2D eigenvalue weighted by Crippen LogP contribution is -2.27. The molecule has 1 heterocycles. The van der Waals surface area contributed by atoms with E-state index in [4.69, 9.17) is 0 Å². The molecular weight excluding hydrogens is 326 g/mol. The maximum atomic E-state index is 12.9. The van der Waals surface area contributed by atoms with E-state index in [9.17, 15) is 14.7 Å². The van der Waals surface area contributed by atoms with Crippen molar-refractivity contribution in [1.82, 2.24) is 0 Å². The number of carboxylic acid groups (broad SMARTS) is 1. The van der Waals surface area contributed by atoms with Gasteiger partial charge in [-0.05, 0) is 31.0 Å². The van der Waals surface area contributed by atoms with Crippen LogP contribution in [0.2, 0.25) is 0 Å². The van der Waals surface area contributed by atoms with Crippen LogP contribution in [0.25, 0.3) is 0 Å². The summed E-state index contributed by atoms with van der Waals surface area (Å²) in [5, 5.41) is 9.36. The van der Waals surface area contributed by atoms with Crippen LogP contribution in [0.15, 0.2) is 73.0 Å². The molecule has 0 aliphatic carbocycles. The number of ketones is 1. The van der Waals surface area contributed by atoms with Gasteiger partial charge in [0.2, 0.25) is 0 Å². The monoisotopic (exact) mass is 347 g/mol. The fraction of sp³-hybridized carbons (Fsp3) is 0.182. The van der Waals surface area contributed by atoms with Gasteiger partial charge in [-0.3, -0.25) is 4.79 Å². The Morgan fingerprint density at radius 3 is 2.38 bits per heavy atom. The van der Waals surface area contributed by atoms with Gasteiger partial charge >= 0.3 is 5.97 Å². The van der Waals surface area contributed by atoms with E-state index in [1.54, 1.807) is 24.3 Å². The Hall–Kier alpha value is -3.14. The molecule has 0 bridgehead atoms. The third-order valence-electron chi connectivity index (χ3n) is 5.03. The molecule has 2 aromatic carbocycles. The van der Waals surface area contributed by atoms with Crippen molar-refractivity contribution in [3.05, 3.63) is 89.6 Å². The molecular formula is C22H21NO3. The van der Waals surface area contributed by atoms with Gasteiger partial charge in [-0.2, -0.15) is 0 Å². The average molecular weight is 347 g/mol. The van der Waals surface area contributed by atoms with Gasteiger partial charge in [-0.25, -0.2) is 4.79 Å². The molecule has 0 fully saturated rings. The molecule has 0 amide bonds. The van der Waals surface area contributed by atoms with Crippen LogP contribution in [-0.2, 0) is 5.41 Å². The predicted octanol–water partition coefficient (Wildman–Crippen LogP) is 4.44. The summed E-state index contributed by atoms with van der Waals surface area (Å²) < 4.78 is 0. The third-order valence-corrected chi connectivity index (χ3v) is 5.03. The molecule has 1 aliphatic heterocycles. The summed E-state index contributed by atoms with van der Waals surface area (Å²) in [6, 6.07) is 14.3. The largest absolute Gasteiger partial charge is 0.478 e. The van der Waals surface area contributed by atoms with Gasteiger partial charge in [0.15, 0.2) is 5.78 Å². The van der Waals surface area contributed by atoms with Crippen molar-refractivity contribution in [2.24, 2.45) is 0 Å². The number of carboxylic acids is 1. The van der Waals surface area contributed by atoms with Crippen molar-refractivity contribution in [2.75, 3.05) is 11.9 Å². The minimum atomic E-state index is -1.11. The predicted molar refractivity (Wildman–Crippen MR) is 103 cm³/mol. The quantitative estimate of drug-likeness (QED) is 0.494. The zero-order valence-corrected chi connectivity index (χ0v) is 14.9. The van der Waals surface area contributed by atoms with Crippen LogP contribution in [0.3, 0.4) is 0 Å². The standard InChI is InChI=1S/C22H21NO3/c1-4-13-22(2)17-11-7-8-12-18(17)23(3)20(22)14-19(24)15-9-5-6-10-16(15)21(25)26/h4-12,14H,1,13H2,2-3H3,(H,25,26)/b20-14-. The summed E-state index contributed by atoms with van der Waals surface area (Å²) in [6.07, 6.45) is 4.08. The number of fused-ring (bicyclic) bond motifs is 1. The normalized spacial score (nSPS) is 20.1. The Kier molecular flexibility index (Phi) is 4.51. The molecule has 4 heteroatoms. The van der Waals surface area contributed by atoms with Crippen molar-refractivity contribution in [3.8, 4) is 0 Å². The lowest BCUT2D eigenvalue weighted by Gasteiger charge is -2.27. The van der Waals surface area contributed by atoms with E-state index in [2.05, 4.69) is 19.6 Å². The van der Waals surface area contributed by atoms with E-state index in [1.807, 2.05) is 36.2 Å². The second kappa shape index (κ2) is 6.64. The molecule has 1 aliphatic rings. The van der Waals surface area contributed by atoms with Crippen LogP contribution in [0.5, 0.6) is 0 Å². The zero-order valence-electron chi connectivity index (χ0n) is 14.9. The molecule has 1 atom stereocenters. The van der Waals surface area contributed by atoms with Gasteiger partial charge in [-0.1, -0.05) is 42.5 Å². The zero-order chi connectivity index (χ0) is 18.9. The smallest absolute Gasteiger partial charge is 0.336 e. The summed E-state index contributed by atoms with van der Waals surface area (Å²) >= 11 is 0. The number of para-hydroxylation sites is 1. The maximum absolute atomic E-state index is 12.9. The lowest BCUT2D eigenvalue weighted by molar-refractivity contribution is 0.0693. The highest BCUT2D eigenvalue weighted by atomic mass is 16.4. The maximum Gasteiger partial charge on any atom is 0.336 e. The molecule has 0 saturated heterocycles. The molecule has 0 saturated carbocycles. The topological polar surface area (TPSA) is 57.6 Å². The first-order valence-electron chi connectivity index (χ1n) is 8.43. The first-order chi connectivity index (χ1) is 12.4. The van der Waals surface area contributed by atoms with Crippen LogP contribution >= 0.6 is 0 Å². The summed E-state index contributed by atoms with van der Waals surface area (Å²) in [6.45, 7) is 5.95. The summed E-state index contributed by atoms with van der Waals surface area (Å²) in [4.78, 5) is 26.4. The Labute approximate surface area is 153 Å². The van der Waals surface area contributed by atoms with Gasteiger partial charge in [0, 0.05) is 35.5 Å². The molecule has 3 rings (SSSR count). The number of benzene rings is 2. The van der Waals surface area contributed by atoms with Gasteiger partial charge < -0.3 is 10.0 Å². The number of aromatic carboxylic acids is 1. The summed E-state index contributed by atoms with van der Waals surface area (Å²) in [7, 11) is 1.93. The van der Waals surface area contributed by atoms with Crippen molar-refractivity contribution >= 4 is 17.4 Å². The Bertz CT molecular complexity index is 928. The number of hydrogen-bond acceptors (Lipinski definition) is 3. The number of allylic oxidation sites excluding steroid dienone is 3. The molecule has 2 aromatic rings. The number of anilines is 1. The molecule has 1 N–H and O–H groups in total. The molecule has 0 spiro atoms. The van der Waals surface area contributed by atoms with Crippen LogP contribution in [0, 0.1) is 0 Å². The van der Waals surface area contributed by atoms with Gasteiger partial charge in [0.05, 0.1) is 5.56 Å². The highest BCUT2D eigenvalue weighted by Gasteiger charge is 2.41. The number of carbonyl (C=O) groups excluding carboxylic acids is 1. The molecule has 0 radical (unpaired) electrons. The van der Waals surface area contributed by atoms with E-state index in [0.717, 1.165) is 16.9 Å². The van der Waals surface area contributed by atoms with Crippen molar-refractivity contribution in [1.29, 1.82) is 0 Å². The highest BCUT2D eigenvalue weighted by Crippen LogP contribution is 2.49. The minimum absolute atomic E-state index is 0.0120.